The van der Waals surface area contributed by atoms with Crippen molar-refractivity contribution in [3.8, 4) is 0 Å². The lowest BCUT2D eigenvalue weighted by atomic mass is 9.77. The molecule has 2 aromatic rings. The Labute approximate surface area is 183 Å². The van der Waals surface area contributed by atoms with Gasteiger partial charge in [-0.25, -0.2) is 14.2 Å². The van der Waals surface area contributed by atoms with Crippen LogP contribution < -0.4 is 27.4 Å². The van der Waals surface area contributed by atoms with Crippen LogP contribution in [0.5, 0.6) is 0 Å². The van der Waals surface area contributed by atoms with Crippen molar-refractivity contribution < 1.29 is 14.0 Å². The fourth-order valence-corrected chi connectivity index (χ4v) is 5.09. The van der Waals surface area contributed by atoms with Crippen LogP contribution in [0.25, 0.3) is 0 Å². The maximum atomic E-state index is 14.1. The minimum Gasteiger partial charge on any atom is -0.399 e. The second kappa shape index (κ2) is 8.54. The normalized spacial score (nSPS) is 26.5. The minimum atomic E-state index is -0.661. The first-order valence-corrected chi connectivity index (χ1v) is 10.3. The number of hydrogen-bond acceptors (Lipinski definition) is 6. The molecular formula is C20H23ClFN7O2. The second-order valence-electron chi connectivity index (χ2n) is 8.05. The highest BCUT2D eigenvalue weighted by atomic mass is 35.5. The van der Waals surface area contributed by atoms with Gasteiger partial charge in [-0.15, -0.1) is 0 Å². The molecule has 4 rings (SSSR count). The van der Waals surface area contributed by atoms with Crippen LogP contribution in [0.2, 0.25) is 5.28 Å². The van der Waals surface area contributed by atoms with Gasteiger partial charge in [-0.3, -0.25) is 4.79 Å². The van der Waals surface area contributed by atoms with Crippen LogP contribution in [0.3, 0.4) is 0 Å². The SMILES string of the molecule is NC(=O)[C@H]1[C@@H]2CC(CNC(=O)Nc3cccc(N)c3)[C@@H](C2)[C@H]1Nc1nc(Cl)ncc1F. The highest BCUT2D eigenvalue weighted by molar-refractivity contribution is 6.28. The summed E-state index contributed by atoms with van der Waals surface area (Å²) >= 11 is 5.79. The molecule has 1 aromatic heterocycles. The first-order valence-electron chi connectivity index (χ1n) is 9.96. The summed E-state index contributed by atoms with van der Waals surface area (Å²) in [7, 11) is 0. The van der Waals surface area contributed by atoms with Gasteiger partial charge in [-0.1, -0.05) is 6.07 Å². The maximum absolute atomic E-state index is 14.1. The number of nitrogens with two attached hydrogens (primary N) is 2. The number of nitrogens with one attached hydrogen (secondary N) is 3. The van der Waals surface area contributed by atoms with Crippen molar-refractivity contribution in [2.45, 2.75) is 18.9 Å². The zero-order chi connectivity index (χ0) is 22.1. The molecule has 0 radical (unpaired) electrons. The summed E-state index contributed by atoms with van der Waals surface area (Å²) in [6, 6.07) is 6.13. The van der Waals surface area contributed by atoms with E-state index in [0.29, 0.717) is 17.9 Å². The van der Waals surface area contributed by atoms with E-state index in [1.807, 2.05) is 0 Å². The molecule has 164 valence electrons. The van der Waals surface area contributed by atoms with Gasteiger partial charge in [0, 0.05) is 24.0 Å². The molecule has 1 aromatic carbocycles. The quantitative estimate of drug-likeness (QED) is 0.338. The van der Waals surface area contributed by atoms with Crippen LogP contribution in [0.1, 0.15) is 12.8 Å². The van der Waals surface area contributed by atoms with Gasteiger partial charge in [0.25, 0.3) is 0 Å². The molecule has 0 saturated heterocycles. The number of amides is 3. The summed E-state index contributed by atoms with van der Waals surface area (Å²) in [5, 5.41) is 8.54. The molecule has 3 amide bonds. The van der Waals surface area contributed by atoms with Gasteiger partial charge in [0.1, 0.15) is 0 Å². The van der Waals surface area contributed by atoms with Crippen molar-refractivity contribution in [1.82, 2.24) is 15.3 Å². The van der Waals surface area contributed by atoms with Crippen LogP contribution >= 0.6 is 11.6 Å². The standard InChI is InChI=1S/C20H23ClFN7O2/c21-19-25-8-14(22)18(29-19)28-16-13-5-9(15(16)17(24)30)4-10(13)7-26-20(31)27-12-3-1-2-11(23)6-12/h1-3,6,8-10,13,15-16H,4-5,7,23H2,(H2,24,30)(H,25,28,29)(H2,26,27,31)/t9-,10?,13-,15+,16-/m1/s1. The third kappa shape index (κ3) is 4.48. The Kier molecular flexibility index (Phi) is 5.81. The molecule has 2 fully saturated rings. The number of rotatable bonds is 6. The van der Waals surface area contributed by atoms with Crippen LogP contribution in [0.15, 0.2) is 30.5 Å². The molecule has 5 atom stereocenters. The molecule has 0 spiro atoms. The number of fused-ring (bicyclic) bond motifs is 2. The Morgan fingerprint density at radius 1 is 1.29 bits per heavy atom. The number of primary amides is 1. The average Bonchev–Trinajstić information content (AvgIpc) is 3.27. The van der Waals surface area contributed by atoms with Gasteiger partial charge in [0.2, 0.25) is 11.2 Å². The predicted octanol–water partition coefficient (Wildman–Crippen LogP) is 2.21. The Morgan fingerprint density at radius 3 is 2.84 bits per heavy atom. The van der Waals surface area contributed by atoms with Crippen molar-refractivity contribution >= 4 is 40.7 Å². The van der Waals surface area contributed by atoms with Gasteiger partial charge in [0.15, 0.2) is 11.6 Å². The van der Waals surface area contributed by atoms with Crippen LogP contribution in [-0.4, -0.2) is 34.5 Å². The van der Waals surface area contributed by atoms with Gasteiger partial charge >= 0.3 is 6.03 Å². The zero-order valence-corrected chi connectivity index (χ0v) is 17.3. The molecule has 2 aliphatic carbocycles. The molecule has 11 heteroatoms. The molecule has 9 nitrogen and oxygen atoms in total. The minimum absolute atomic E-state index is 0.0170. The third-order valence-electron chi connectivity index (χ3n) is 6.16. The molecule has 1 unspecified atom stereocenters. The van der Waals surface area contributed by atoms with Crippen molar-refractivity contribution in [3.63, 3.8) is 0 Å². The van der Waals surface area contributed by atoms with Crippen molar-refractivity contribution in [1.29, 1.82) is 0 Å². The van der Waals surface area contributed by atoms with E-state index in [2.05, 4.69) is 25.9 Å². The summed E-state index contributed by atoms with van der Waals surface area (Å²) in [6.07, 6.45) is 2.49. The summed E-state index contributed by atoms with van der Waals surface area (Å²) in [5.74, 6) is -1.43. The van der Waals surface area contributed by atoms with E-state index in [4.69, 9.17) is 23.1 Å². The molecule has 2 bridgehead atoms. The predicted molar refractivity (Wildman–Crippen MR) is 115 cm³/mol. The van der Waals surface area contributed by atoms with Crippen LogP contribution in [-0.2, 0) is 4.79 Å². The molecular weight excluding hydrogens is 425 g/mol. The van der Waals surface area contributed by atoms with Gasteiger partial charge in [0.05, 0.1) is 12.1 Å². The van der Waals surface area contributed by atoms with Crippen molar-refractivity contribution in [2.75, 3.05) is 22.9 Å². The number of nitrogen functional groups attached to an aromatic ring is 1. The molecule has 0 aliphatic heterocycles. The Morgan fingerprint density at radius 2 is 2.10 bits per heavy atom. The van der Waals surface area contributed by atoms with E-state index in [0.717, 1.165) is 19.0 Å². The highest BCUT2D eigenvalue weighted by Crippen LogP contribution is 2.52. The fraction of sp³-hybridized carbons (Fsp3) is 0.400. The molecule has 31 heavy (non-hydrogen) atoms. The zero-order valence-electron chi connectivity index (χ0n) is 16.5. The number of carbonyl (C=O) groups excluding carboxylic acids is 2. The van der Waals surface area contributed by atoms with Crippen LogP contribution in [0.4, 0.5) is 26.4 Å². The maximum Gasteiger partial charge on any atom is 0.319 e. The smallest absolute Gasteiger partial charge is 0.319 e. The number of anilines is 3. The summed E-state index contributed by atoms with van der Waals surface area (Å²) in [6.45, 7) is 0.409. The largest absolute Gasteiger partial charge is 0.399 e. The topological polar surface area (TPSA) is 148 Å². The van der Waals surface area contributed by atoms with Crippen molar-refractivity contribution in [3.05, 3.63) is 41.6 Å². The Bertz CT molecular complexity index is 1010. The van der Waals surface area contributed by atoms with Gasteiger partial charge in [-0.05, 0) is 60.4 Å². The Balaban J connectivity index is 1.42. The summed E-state index contributed by atoms with van der Waals surface area (Å²) in [5.41, 5.74) is 12.5. The van der Waals surface area contributed by atoms with Crippen molar-refractivity contribution in [2.24, 2.45) is 29.4 Å². The number of hydrogen-bond donors (Lipinski definition) is 5. The number of aromatic nitrogens is 2. The summed E-state index contributed by atoms with van der Waals surface area (Å²) < 4.78 is 14.1. The van der Waals surface area contributed by atoms with E-state index in [1.54, 1.807) is 24.3 Å². The number of benzene rings is 1. The van der Waals surface area contributed by atoms with Gasteiger partial charge in [-0.2, -0.15) is 4.98 Å². The monoisotopic (exact) mass is 447 g/mol. The lowest BCUT2D eigenvalue weighted by Gasteiger charge is -2.35. The van der Waals surface area contributed by atoms with E-state index >= 15 is 0 Å². The van der Waals surface area contributed by atoms with E-state index in [9.17, 15) is 14.0 Å². The molecule has 7 N–H and O–H groups in total. The molecule has 1 heterocycles. The van der Waals surface area contributed by atoms with Gasteiger partial charge < -0.3 is 27.4 Å². The molecule has 2 saturated carbocycles. The lowest BCUT2D eigenvalue weighted by Crippen LogP contribution is -2.47. The van der Waals surface area contributed by atoms with E-state index < -0.39 is 23.7 Å². The first kappa shape index (κ1) is 21.1. The second-order valence-corrected chi connectivity index (χ2v) is 8.39. The van der Waals surface area contributed by atoms with Crippen LogP contribution in [0, 0.1) is 29.5 Å². The van der Waals surface area contributed by atoms with E-state index in [-0.39, 0.29) is 34.9 Å². The number of halogens is 2. The Hall–Kier alpha value is -3.14. The number of nitrogens with zero attached hydrogens (tertiary/aromatic N) is 2. The number of urea groups is 1. The lowest BCUT2D eigenvalue weighted by molar-refractivity contribution is -0.123. The molecule has 2 aliphatic rings. The first-order chi connectivity index (χ1) is 14.8. The number of carbonyl (C=O) groups is 2. The summed E-state index contributed by atoms with van der Waals surface area (Å²) in [4.78, 5) is 31.9. The average molecular weight is 448 g/mol. The highest BCUT2D eigenvalue weighted by Gasteiger charge is 2.54. The van der Waals surface area contributed by atoms with E-state index in [1.165, 1.54) is 0 Å². The fourth-order valence-electron chi connectivity index (χ4n) is 4.96. The third-order valence-corrected chi connectivity index (χ3v) is 6.34.